The molecular formula is C15H15N5OS. The number of aromatic nitrogens is 4. The van der Waals surface area contributed by atoms with E-state index in [1.165, 1.54) is 4.88 Å². The van der Waals surface area contributed by atoms with Crippen molar-refractivity contribution in [3.63, 3.8) is 0 Å². The zero-order valence-corrected chi connectivity index (χ0v) is 13.0. The molecule has 22 heavy (non-hydrogen) atoms. The first kappa shape index (κ1) is 13.4. The zero-order chi connectivity index (χ0) is 15.1. The maximum atomic E-state index is 12.8. The third-order valence-electron chi connectivity index (χ3n) is 4.01. The molecule has 1 saturated heterocycles. The summed E-state index contributed by atoms with van der Waals surface area (Å²) in [7, 11) is 0. The summed E-state index contributed by atoms with van der Waals surface area (Å²) in [5.74, 6) is 0.585. The highest BCUT2D eigenvalue weighted by Gasteiger charge is 2.33. The van der Waals surface area contributed by atoms with E-state index in [4.69, 9.17) is 0 Å². The predicted molar refractivity (Wildman–Crippen MR) is 82.8 cm³/mol. The normalized spacial score (nSPS) is 18.2. The van der Waals surface area contributed by atoms with Gasteiger partial charge in [-0.1, -0.05) is 6.07 Å². The maximum absolute atomic E-state index is 12.8. The number of nitrogens with zero attached hydrogens (tertiary/aromatic N) is 5. The second-order valence-corrected chi connectivity index (χ2v) is 6.38. The number of carbonyl (C=O) groups is 1. The molecule has 3 aromatic heterocycles. The molecule has 0 unspecified atom stereocenters. The third-order valence-corrected chi connectivity index (χ3v) is 4.98. The molecule has 1 atom stereocenters. The van der Waals surface area contributed by atoms with E-state index in [-0.39, 0.29) is 17.8 Å². The van der Waals surface area contributed by atoms with Gasteiger partial charge < -0.3 is 4.90 Å². The fraction of sp³-hybridized carbons (Fsp3) is 0.333. The number of likely N-dealkylation sites (tertiary alicyclic amines) is 1. The van der Waals surface area contributed by atoms with Gasteiger partial charge >= 0.3 is 0 Å². The van der Waals surface area contributed by atoms with E-state index < -0.39 is 0 Å². The summed E-state index contributed by atoms with van der Waals surface area (Å²) in [6.45, 7) is 2.67. The Balaban J connectivity index is 1.69. The highest BCUT2D eigenvalue weighted by Crippen LogP contribution is 2.35. The van der Waals surface area contributed by atoms with Crippen molar-refractivity contribution in [2.24, 2.45) is 0 Å². The number of thiophene rings is 1. The Kier molecular flexibility index (Phi) is 3.15. The smallest absolute Gasteiger partial charge is 0.294 e. The number of hydrogen-bond acceptors (Lipinski definition) is 5. The van der Waals surface area contributed by atoms with Gasteiger partial charge in [-0.3, -0.25) is 4.79 Å². The average molecular weight is 313 g/mol. The topological polar surface area (TPSA) is 63.4 Å². The second-order valence-electron chi connectivity index (χ2n) is 5.41. The third kappa shape index (κ3) is 2.09. The van der Waals surface area contributed by atoms with Crippen LogP contribution in [0.4, 0.5) is 0 Å². The molecule has 4 rings (SSSR count). The first-order valence-corrected chi connectivity index (χ1v) is 8.15. The van der Waals surface area contributed by atoms with Crippen LogP contribution in [-0.4, -0.2) is 36.9 Å². The number of rotatable bonds is 2. The minimum Gasteiger partial charge on any atom is -0.328 e. The number of amides is 1. The Bertz CT molecular complexity index is 826. The van der Waals surface area contributed by atoms with Crippen LogP contribution in [0.25, 0.3) is 5.78 Å². The number of fused-ring (bicyclic) bond motifs is 1. The van der Waals surface area contributed by atoms with Gasteiger partial charge in [-0.2, -0.15) is 4.98 Å². The number of aryl methyl sites for hydroxylation is 1. The summed E-state index contributed by atoms with van der Waals surface area (Å²) in [5, 5.41) is 6.38. The molecule has 6 nitrogen and oxygen atoms in total. The molecule has 1 aliphatic heterocycles. The van der Waals surface area contributed by atoms with E-state index >= 15 is 0 Å². The van der Waals surface area contributed by atoms with E-state index in [2.05, 4.69) is 21.1 Å². The Morgan fingerprint density at radius 1 is 1.41 bits per heavy atom. The highest BCUT2D eigenvalue weighted by atomic mass is 32.1. The van der Waals surface area contributed by atoms with E-state index in [1.807, 2.05) is 29.3 Å². The van der Waals surface area contributed by atoms with Gasteiger partial charge in [0.05, 0.1) is 6.04 Å². The van der Waals surface area contributed by atoms with Crippen molar-refractivity contribution in [1.82, 2.24) is 24.5 Å². The van der Waals surface area contributed by atoms with Crippen molar-refractivity contribution < 1.29 is 4.79 Å². The lowest BCUT2D eigenvalue weighted by Crippen LogP contribution is -2.31. The van der Waals surface area contributed by atoms with Crippen LogP contribution in [0, 0.1) is 6.92 Å². The molecular weight excluding hydrogens is 298 g/mol. The first-order chi connectivity index (χ1) is 10.7. The molecule has 112 valence electrons. The predicted octanol–water partition coefficient (Wildman–Crippen LogP) is 2.47. The number of carbonyl (C=O) groups excluding carboxylic acids is 1. The summed E-state index contributed by atoms with van der Waals surface area (Å²) in [6.07, 6.45) is 3.69. The molecule has 0 N–H and O–H groups in total. The summed E-state index contributed by atoms with van der Waals surface area (Å²) in [5.41, 5.74) is 0.910. The summed E-state index contributed by atoms with van der Waals surface area (Å²) < 4.78 is 1.61. The van der Waals surface area contributed by atoms with Crippen LogP contribution in [0.5, 0.6) is 0 Å². The van der Waals surface area contributed by atoms with Crippen LogP contribution in [0.3, 0.4) is 0 Å². The van der Waals surface area contributed by atoms with Crippen molar-refractivity contribution in [2.45, 2.75) is 25.8 Å². The van der Waals surface area contributed by atoms with Crippen LogP contribution in [0.15, 0.2) is 29.8 Å². The second kappa shape index (κ2) is 5.17. The Morgan fingerprint density at radius 2 is 2.32 bits per heavy atom. The van der Waals surface area contributed by atoms with Gasteiger partial charge in [0.2, 0.25) is 5.82 Å². The van der Waals surface area contributed by atoms with Crippen LogP contribution in [-0.2, 0) is 0 Å². The SMILES string of the molecule is Cc1ccnc2nc(C(=O)N3CCC[C@H]3c3cccs3)nn12. The molecule has 4 heterocycles. The van der Waals surface area contributed by atoms with Crippen molar-refractivity contribution >= 4 is 23.0 Å². The van der Waals surface area contributed by atoms with Gasteiger partial charge in [-0.25, -0.2) is 9.50 Å². The minimum absolute atomic E-state index is 0.110. The lowest BCUT2D eigenvalue weighted by molar-refractivity contribution is 0.0725. The standard InChI is InChI=1S/C15H15N5OS/c1-10-6-7-16-15-17-13(18-20(10)15)14(21)19-8-2-4-11(19)12-5-3-9-22-12/h3,5-7,9,11H,2,4,8H2,1H3/t11-/m0/s1. The van der Waals surface area contributed by atoms with Gasteiger partial charge in [0, 0.05) is 23.3 Å². The van der Waals surface area contributed by atoms with Crippen LogP contribution < -0.4 is 0 Å². The number of hydrogen-bond donors (Lipinski definition) is 0. The molecule has 0 aromatic carbocycles. The molecule has 0 radical (unpaired) electrons. The Morgan fingerprint density at radius 3 is 3.09 bits per heavy atom. The van der Waals surface area contributed by atoms with Gasteiger partial charge in [0.15, 0.2) is 0 Å². The molecule has 0 aliphatic carbocycles. The fourth-order valence-corrected chi connectivity index (χ4v) is 3.79. The molecule has 1 amide bonds. The van der Waals surface area contributed by atoms with E-state index in [9.17, 15) is 4.79 Å². The molecule has 0 bridgehead atoms. The average Bonchev–Trinajstić information content (AvgIpc) is 3.25. The quantitative estimate of drug-likeness (QED) is 0.729. The molecule has 0 saturated carbocycles. The molecule has 7 heteroatoms. The lowest BCUT2D eigenvalue weighted by atomic mass is 10.2. The minimum atomic E-state index is -0.110. The van der Waals surface area contributed by atoms with Crippen LogP contribution in [0.1, 0.15) is 40.1 Å². The Hall–Kier alpha value is -2.28. The zero-order valence-electron chi connectivity index (χ0n) is 12.1. The molecule has 3 aromatic rings. The van der Waals surface area contributed by atoms with Crippen molar-refractivity contribution in [2.75, 3.05) is 6.54 Å². The van der Waals surface area contributed by atoms with Crippen LogP contribution in [0.2, 0.25) is 0 Å². The van der Waals surface area contributed by atoms with Gasteiger partial charge in [-0.15, -0.1) is 16.4 Å². The summed E-state index contributed by atoms with van der Waals surface area (Å²) in [6, 6.07) is 6.11. The largest absolute Gasteiger partial charge is 0.328 e. The highest BCUT2D eigenvalue weighted by molar-refractivity contribution is 7.10. The van der Waals surface area contributed by atoms with Crippen molar-refractivity contribution in [3.05, 3.63) is 46.2 Å². The molecule has 1 aliphatic rings. The van der Waals surface area contributed by atoms with Crippen molar-refractivity contribution in [3.8, 4) is 0 Å². The van der Waals surface area contributed by atoms with Gasteiger partial charge in [-0.05, 0) is 37.3 Å². The summed E-state index contributed by atoms with van der Waals surface area (Å²) in [4.78, 5) is 24.4. The van der Waals surface area contributed by atoms with E-state index in [0.29, 0.717) is 5.78 Å². The Labute approximate surface area is 131 Å². The molecule has 1 fully saturated rings. The van der Waals surface area contributed by atoms with Crippen molar-refractivity contribution in [1.29, 1.82) is 0 Å². The maximum Gasteiger partial charge on any atom is 0.294 e. The molecule has 0 spiro atoms. The first-order valence-electron chi connectivity index (χ1n) is 7.27. The van der Waals surface area contributed by atoms with Crippen LogP contribution >= 0.6 is 11.3 Å². The lowest BCUT2D eigenvalue weighted by Gasteiger charge is -2.22. The van der Waals surface area contributed by atoms with E-state index in [0.717, 1.165) is 25.1 Å². The van der Waals surface area contributed by atoms with E-state index in [1.54, 1.807) is 22.0 Å². The van der Waals surface area contributed by atoms with Gasteiger partial charge in [0.1, 0.15) is 0 Å². The monoisotopic (exact) mass is 313 g/mol. The fourth-order valence-electron chi connectivity index (χ4n) is 2.91. The van der Waals surface area contributed by atoms with Gasteiger partial charge in [0.25, 0.3) is 11.7 Å². The summed E-state index contributed by atoms with van der Waals surface area (Å²) >= 11 is 1.69.